The Hall–Kier alpha value is -4.47. The van der Waals surface area contributed by atoms with Crippen LogP contribution in [0, 0.1) is 0 Å². The molecule has 2 aromatic heterocycles. The molecule has 0 unspecified atom stereocenters. The molecule has 0 aliphatic carbocycles. The maximum Gasteiger partial charge on any atom is 0.340 e. The zero-order valence-corrected chi connectivity index (χ0v) is 18.9. The first kappa shape index (κ1) is 22.7. The Kier molecular flexibility index (Phi) is 6.13. The molecule has 0 fully saturated rings. The number of hydrogen-bond acceptors (Lipinski definition) is 6. The van der Waals surface area contributed by atoms with Crippen molar-refractivity contribution in [1.82, 2.24) is 18.7 Å². The number of hydrogen-bond donors (Lipinski definition) is 1. The molecule has 0 bridgehead atoms. The molecule has 0 saturated carbocycles. The van der Waals surface area contributed by atoms with E-state index in [-0.39, 0.29) is 29.0 Å². The van der Waals surface area contributed by atoms with Gasteiger partial charge in [-0.3, -0.25) is 14.2 Å². The highest BCUT2D eigenvalue weighted by Crippen LogP contribution is 2.26. The number of nitrogens with one attached hydrogen (secondary N) is 1. The first-order valence-electron chi connectivity index (χ1n) is 10.6. The summed E-state index contributed by atoms with van der Waals surface area (Å²) >= 11 is 0. The van der Waals surface area contributed by atoms with E-state index in [4.69, 9.17) is 4.74 Å². The summed E-state index contributed by atoms with van der Waals surface area (Å²) in [6.45, 7) is 1.32. The number of aromatic nitrogens is 4. The molecule has 2 heterocycles. The van der Waals surface area contributed by atoms with E-state index in [2.05, 4.69) is 10.3 Å². The van der Waals surface area contributed by atoms with E-state index in [0.29, 0.717) is 0 Å². The predicted octanol–water partition coefficient (Wildman–Crippen LogP) is 1.92. The summed E-state index contributed by atoms with van der Waals surface area (Å²) in [5.41, 5.74) is 1.19. The van der Waals surface area contributed by atoms with Gasteiger partial charge in [0.15, 0.2) is 11.2 Å². The third kappa shape index (κ3) is 4.13. The minimum absolute atomic E-state index is 0.165. The molecule has 34 heavy (non-hydrogen) atoms. The molecule has 10 nitrogen and oxygen atoms in total. The number of nitrogens with zero attached hydrogens (tertiary/aromatic N) is 4. The van der Waals surface area contributed by atoms with Crippen LogP contribution in [0.15, 0.2) is 64.4 Å². The number of fused-ring (bicyclic) bond motifs is 1. The molecule has 4 aromatic rings. The quantitative estimate of drug-likeness (QED) is 0.439. The zero-order chi connectivity index (χ0) is 24.4. The van der Waals surface area contributed by atoms with Gasteiger partial charge in [0.05, 0.1) is 24.2 Å². The maximum atomic E-state index is 12.9. The Bertz CT molecular complexity index is 1510. The molecule has 0 atom stereocenters. The monoisotopic (exact) mass is 461 g/mol. The average Bonchev–Trinajstić information content (AvgIpc) is 3.23. The van der Waals surface area contributed by atoms with Gasteiger partial charge in [-0.05, 0) is 30.2 Å². The van der Waals surface area contributed by atoms with Gasteiger partial charge >= 0.3 is 11.7 Å². The number of benzene rings is 2. The van der Waals surface area contributed by atoms with Crippen LogP contribution >= 0.6 is 0 Å². The van der Waals surface area contributed by atoms with Crippen LogP contribution in [-0.2, 0) is 30.2 Å². The normalized spacial score (nSPS) is 10.9. The summed E-state index contributed by atoms with van der Waals surface area (Å²) in [7, 11) is 3.11. The van der Waals surface area contributed by atoms with Gasteiger partial charge in [0.25, 0.3) is 5.56 Å². The number of anilines is 1. The number of esters is 1. The minimum Gasteiger partial charge on any atom is -0.462 e. The molecule has 0 aliphatic heterocycles. The third-order valence-electron chi connectivity index (χ3n) is 5.40. The molecular formula is C24H23N5O5. The minimum atomic E-state index is -0.670. The molecule has 0 aliphatic rings. The molecule has 1 amide bonds. The lowest BCUT2D eigenvalue weighted by molar-refractivity contribution is -0.116. The van der Waals surface area contributed by atoms with Gasteiger partial charge < -0.3 is 14.6 Å². The van der Waals surface area contributed by atoms with Crippen LogP contribution in [0.25, 0.3) is 22.3 Å². The van der Waals surface area contributed by atoms with Crippen molar-refractivity contribution in [3.63, 3.8) is 0 Å². The fourth-order valence-corrected chi connectivity index (χ4v) is 3.71. The van der Waals surface area contributed by atoms with Crippen molar-refractivity contribution in [3.8, 4) is 11.1 Å². The van der Waals surface area contributed by atoms with Gasteiger partial charge in [0.1, 0.15) is 6.54 Å². The molecule has 4 rings (SSSR count). The molecule has 0 saturated heterocycles. The molecule has 1 N–H and O–H groups in total. The highest BCUT2D eigenvalue weighted by Gasteiger charge is 2.19. The summed E-state index contributed by atoms with van der Waals surface area (Å²) in [5.74, 6) is -1.24. The molecule has 174 valence electrons. The summed E-state index contributed by atoms with van der Waals surface area (Å²) in [6.07, 6.45) is 1.43. The molecule has 10 heteroatoms. The number of carbonyl (C=O) groups excluding carboxylic acids is 2. The second kappa shape index (κ2) is 9.18. The van der Waals surface area contributed by atoms with Crippen molar-refractivity contribution in [1.29, 1.82) is 0 Å². The molecule has 0 spiro atoms. The van der Waals surface area contributed by atoms with Crippen molar-refractivity contribution in [2.24, 2.45) is 14.1 Å². The largest absolute Gasteiger partial charge is 0.462 e. The lowest BCUT2D eigenvalue weighted by atomic mass is 10.0. The van der Waals surface area contributed by atoms with Crippen LogP contribution in [0.3, 0.4) is 0 Å². The predicted molar refractivity (Wildman–Crippen MR) is 127 cm³/mol. The van der Waals surface area contributed by atoms with Crippen LogP contribution in [0.5, 0.6) is 0 Å². The number of amides is 1. The Morgan fingerprint density at radius 2 is 1.76 bits per heavy atom. The number of aryl methyl sites for hydroxylation is 2. The van der Waals surface area contributed by atoms with Crippen LogP contribution in [0.2, 0.25) is 0 Å². The smallest absolute Gasteiger partial charge is 0.340 e. The first-order chi connectivity index (χ1) is 16.3. The van der Waals surface area contributed by atoms with E-state index in [1.807, 2.05) is 30.3 Å². The lowest BCUT2D eigenvalue weighted by Gasteiger charge is -2.13. The summed E-state index contributed by atoms with van der Waals surface area (Å²) in [6, 6.07) is 14.4. The number of imidazole rings is 1. The van der Waals surface area contributed by atoms with Gasteiger partial charge in [-0.15, -0.1) is 0 Å². The topological polar surface area (TPSA) is 117 Å². The Morgan fingerprint density at radius 3 is 2.47 bits per heavy atom. The summed E-state index contributed by atoms with van der Waals surface area (Å²) < 4.78 is 8.70. The van der Waals surface area contributed by atoms with E-state index in [1.165, 1.54) is 22.5 Å². The second-order valence-corrected chi connectivity index (χ2v) is 7.66. The van der Waals surface area contributed by atoms with Gasteiger partial charge in [-0.1, -0.05) is 36.4 Å². The van der Waals surface area contributed by atoms with Crippen molar-refractivity contribution in [3.05, 3.63) is 81.3 Å². The number of rotatable bonds is 6. The highest BCUT2D eigenvalue weighted by atomic mass is 16.5. The van der Waals surface area contributed by atoms with Crippen LogP contribution in [0.1, 0.15) is 17.3 Å². The average molecular weight is 461 g/mol. The number of ether oxygens (including phenoxy) is 1. The van der Waals surface area contributed by atoms with Crippen LogP contribution in [-0.4, -0.2) is 37.2 Å². The molecular weight excluding hydrogens is 438 g/mol. The van der Waals surface area contributed by atoms with Gasteiger partial charge in [0.2, 0.25) is 5.91 Å². The van der Waals surface area contributed by atoms with Gasteiger partial charge in [-0.2, -0.15) is 0 Å². The molecule has 2 aromatic carbocycles. The van der Waals surface area contributed by atoms with E-state index in [1.54, 1.807) is 32.2 Å². The van der Waals surface area contributed by atoms with E-state index >= 15 is 0 Å². The first-order valence-corrected chi connectivity index (χ1v) is 10.6. The van der Waals surface area contributed by atoms with Crippen molar-refractivity contribution >= 4 is 28.7 Å². The SMILES string of the molecule is CCOC(=O)c1cc(-c2ccccc2)ccc1NC(=O)Cn1c(=O)c2c(ncn2C)n(C)c1=O. The highest BCUT2D eigenvalue weighted by molar-refractivity contribution is 6.02. The Labute approximate surface area is 194 Å². The van der Waals surface area contributed by atoms with Crippen molar-refractivity contribution in [2.45, 2.75) is 13.5 Å². The summed E-state index contributed by atoms with van der Waals surface area (Å²) in [4.78, 5) is 55.1. The van der Waals surface area contributed by atoms with Crippen molar-refractivity contribution < 1.29 is 14.3 Å². The van der Waals surface area contributed by atoms with Crippen LogP contribution < -0.4 is 16.6 Å². The van der Waals surface area contributed by atoms with Crippen molar-refractivity contribution in [2.75, 3.05) is 11.9 Å². The van der Waals surface area contributed by atoms with Gasteiger partial charge in [-0.25, -0.2) is 19.1 Å². The maximum absolute atomic E-state index is 12.9. The fourth-order valence-electron chi connectivity index (χ4n) is 3.71. The zero-order valence-electron chi connectivity index (χ0n) is 18.9. The standard InChI is InChI=1S/C24H23N5O5/c1-4-34-23(32)17-12-16(15-8-6-5-7-9-15)10-11-18(17)26-19(30)13-29-22(31)20-21(25-14-27(20)2)28(3)24(29)33/h5-12,14H,4,13H2,1-3H3,(H,26,30). The fraction of sp³-hybridized carbons (Fsp3) is 0.208. The van der Waals surface area contributed by atoms with E-state index in [9.17, 15) is 19.2 Å². The molecule has 0 radical (unpaired) electrons. The third-order valence-corrected chi connectivity index (χ3v) is 5.40. The number of carbonyl (C=O) groups is 2. The van der Waals surface area contributed by atoms with E-state index in [0.717, 1.165) is 15.7 Å². The lowest BCUT2D eigenvalue weighted by Crippen LogP contribution is -2.42. The van der Waals surface area contributed by atoms with E-state index < -0.39 is 29.7 Å². The van der Waals surface area contributed by atoms with Gasteiger partial charge in [0, 0.05) is 14.1 Å². The summed E-state index contributed by atoms with van der Waals surface area (Å²) in [5, 5.41) is 2.64. The second-order valence-electron chi connectivity index (χ2n) is 7.66. The van der Waals surface area contributed by atoms with Crippen LogP contribution in [0.4, 0.5) is 5.69 Å². The Balaban J connectivity index is 1.68. The Morgan fingerprint density at radius 1 is 1.03 bits per heavy atom.